The standard InChI is InChI=1S/C12H11N5OS/c1-8-2-4-9(5-3-8)11-16-15-10(18-11)6-19-12-13-7-14-17-12/h2-5,7H,6H2,1H3,(H,13,14,17). The number of rotatable bonds is 4. The highest BCUT2D eigenvalue weighted by molar-refractivity contribution is 7.98. The fraction of sp³-hybridized carbons (Fsp3) is 0.167. The summed E-state index contributed by atoms with van der Waals surface area (Å²) in [6.45, 7) is 2.04. The zero-order chi connectivity index (χ0) is 13.1. The number of H-pyrrole nitrogens is 1. The van der Waals surface area contributed by atoms with E-state index in [0.717, 1.165) is 10.7 Å². The molecule has 6 nitrogen and oxygen atoms in total. The number of aromatic amines is 1. The first-order chi connectivity index (χ1) is 9.31. The minimum atomic E-state index is 0.535. The highest BCUT2D eigenvalue weighted by atomic mass is 32.2. The highest BCUT2D eigenvalue weighted by Gasteiger charge is 2.09. The van der Waals surface area contributed by atoms with Crippen molar-refractivity contribution in [1.29, 1.82) is 0 Å². The molecule has 0 bridgehead atoms. The Hall–Kier alpha value is -2.15. The Morgan fingerprint density at radius 3 is 2.79 bits per heavy atom. The van der Waals surface area contributed by atoms with Gasteiger partial charge in [0.1, 0.15) is 6.33 Å². The van der Waals surface area contributed by atoms with Gasteiger partial charge in [0, 0.05) is 5.56 Å². The Morgan fingerprint density at radius 1 is 1.21 bits per heavy atom. The first-order valence-corrected chi connectivity index (χ1v) is 6.67. The molecule has 7 heteroatoms. The molecule has 19 heavy (non-hydrogen) atoms. The third-order valence-electron chi connectivity index (χ3n) is 2.49. The van der Waals surface area contributed by atoms with Gasteiger partial charge >= 0.3 is 0 Å². The van der Waals surface area contributed by atoms with Crippen LogP contribution in [0, 0.1) is 6.92 Å². The van der Waals surface area contributed by atoms with Crippen LogP contribution >= 0.6 is 11.8 Å². The molecule has 0 spiro atoms. The van der Waals surface area contributed by atoms with Gasteiger partial charge in [-0.15, -0.1) is 10.2 Å². The van der Waals surface area contributed by atoms with Crippen molar-refractivity contribution in [3.05, 3.63) is 42.0 Å². The number of thioether (sulfide) groups is 1. The average Bonchev–Trinajstić information content (AvgIpc) is 3.09. The van der Waals surface area contributed by atoms with E-state index < -0.39 is 0 Å². The third kappa shape index (κ3) is 2.82. The van der Waals surface area contributed by atoms with E-state index in [2.05, 4.69) is 25.4 Å². The Morgan fingerprint density at radius 2 is 2.05 bits per heavy atom. The summed E-state index contributed by atoms with van der Waals surface area (Å²) in [4.78, 5) is 4.01. The fourth-order valence-electron chi connectivity index (χ4n) is 1.52. The molecule has 3 rings (SSSR count). The van der Waals surface area contributed by atoms with Crippen LogP contribution in [-0.4, -0.2) is 25.4 Å². The van der Waals surface area contributed by atoms with Gasteiger partial charge in [-0.3, -0.25) is 5.10 Å². The minimum Gasteiger partial charge on any atom is -0.420 e. The number of nitrogens with zero attached hydrogens (tertiary/aromatic N) is 4. The van der Waals surface area contributed by atoms with E-state index >= 15 is 0 Å². The smallest absolute Gasteiger partial charge is 0.247 e. The predicted octanol–water partition coefficient (Wildman–Crippen LogP) is 2.46. The third-order valence-corrected chi connectivity index (χ3v) is 3.35. The lowest BCUT2D eigenvalue weighted by molar-refractivity contribution is 0.528. The van der Waals surface area contributed by atoms with Crippen molar-refractivity contribution in [2.45, 2.75) is 17.8 Å². The molecule has 0 fully saturated rings. The topological polar surface area (TPSA) is 80.5 Å². The average molecular weight is 273 g/mol. The van der Waals surface area contributed by atoms with Crippen LogP contribution in [0.4, 0.5) is 0 Å². The van der Waals surface area contributed by atoms with E-state index in [1.165, 1.54) is 23.7 Å². The van der Waals surface area contributed by atoms with Crippen molar-refractivity contribution in [3.8, 4) is 11.5 Å². The first kappa shape index (κ1) is 11.9. The van der Waals surface area contributed by atoms with Crippen molar-refractivity contribution >= 4 is 11.8 Å². The van der Waals surface area contributed by atoms with Crippen LogP contribution in [0.5, 0.6) is 0 Å². The highest BCUT2D eigenvalue weighted by Crippen LogP contribution is 2.22. The van der Waals surface area contributed by atoms with Gasteiger partial charge < -0.3 is 4.42 Å². The maximum atomic E-state index is 5.60. The minimum absolute atomic E-state index is 0.535. The maximum Gasteiger partial charge on any atom is 0.247 e. The molecule has 2 heterocycles. The molecule has 2 aromatic heterocycles. The van der Waals surface area contributed by atoms with Crippen LogP contribution in [0.15, 0.2) is 40.2 Å². The zero-order valence-electron chi connectivity index (χ0n) is 10.2. The lowest BCUT2D eigenvalue weighted by Gasteiger charge is -1.95. The second-order valence-corrected chi connectivity index (χ2v) is 4.91. The number of aryl methyl sites for hydroxylation is 1. The lowest BCUT2D eigenvalue weighted by Crippen LogP contribution is -1.81. The molecule has 0 aliphatic heterocycles. The SMILES string of the molecule is Cc1ccc(-c2nnc(CSc3ncn[nH]3)o2)cc1. The maximum absolute atomic E-state index is 5.60. The van der Waals surface area contributed by atoms with Crippen LogP contribution in [-0.2, 0) is 5.75 Å². The molecule has 0 saturated carbocycles. The first-order valence-electron chi connectivity index (χ1n) is 5.69. The van der Waals surface area contributed by atoms with Crippen molar-refractivity contribution in [2.75, 3.05) is 0 Å². The number of aromatic nitrogens is 5. The molecular weight excluding hydrogens is 262 g/mol. The largest absolute Gasteiger partial charge is 0.420 e. The zero-order valence-corrected chi connectivity index (χ0v) is 11.0. The normalized spacial score (nSPS) is 10.8. The van der Waals surface area contributed by atoms with Gasteiger partial charge in [-0.05, 0) is 19.1 Å². The Bertz CT molecular complexity index is 647. The number of hydrogen-bond acceptors (Lipinski definition) is 6. The van der Waals surface area contributed by atoms with E-state index in [1.807, 2.05) is 31.2 Å². The lowest BCUT2D eigenvalue weighted by atomic mass is 10.1. The Balaban J connectivity index is 1.70. The van der Waals surface area contributed by atoms with Crippen molar-refractivity contribution in [3.63, 3.8) is 0 Å². The van der Waals surface area contributed by atoms with Crippen LogP contribution < -0.4 is 0 Å². The van der Waals surface area contributed by atoms with Gasteiger partial charge in [0.05, 0.1) is 5.75 Å². The summed E-state index contributed by atoms with van der Waals surface area (Å²) in [5.74, 6) is 1.67. The summed E-state index contributed by atoms with van der Waals surface area (Å²) < 4.78 is 5.60. The number of hydrogen-bond donors (Lipinski definition) is 1. The summed E-state index contributed by atoms with van der Waals surface area (Å²) in [5.41, 5.74) is 2.12. The molecule has 3 aromatic rings. The predicted molar refractivity (Wildman–Crippen MR) is 70.4 cm³/mol. The number of nitrogens with one attached hydrogen (secondary N) is 1. The molecule has 0 unspecified atom stereocenters. The Kier molecular flexibility index (Phi) is 3.28. The van der Waals surface area contributed by atoms with Gasteiger partial charge in [0.25, 0.3) is 0 Å². The van der Waals surface area contributed by atoms with Gasteiger partial charge in [-0.2, -0.15) is 5.10 Å². The summed E-state index contributed by atoms with van der Waals surface area (Å²) in [5, 5.41) is 15.3. The van der Waals surface area contributed by atoms with Crippen molar-refractivity contribution < 1.29 is 4.42 Å². The second kappa shape index (κ2) is 5.23. The van der Waals surface area contributed by atoms with Crippen LogP contribution in [0.1, 0.15) is 11.5 Å². The molecule has 96 valence electrons. The molecule has 0 aliphatic rings. The summed E-state index contributed by atoms with van der Waals surface area (Å²) >= 11 is 1.47. The second-order valence-electron chi connectivity index (χ2n) is 3.95. The molecule has 0 amide bonds. The molecule has 1 N–H and O–H groups in total. The molecule has 1 aromatic carbocycles. The fourth-order valence-corrected chi connectivity index (χ4v) is 2.13. The van der Waals surface area contributed by atoms with Crippen molar-refractivity contribution in [2.24, 2.45) is 0 Å². The molecule has 0 radical (unpaired) electrons. The van der Waals surface area contributed by atoms with Crippen LogP contribution in [0.3, 0.4) is 0 Å². The van der Waals surface area contributed by atoms with E-state index in [9.17, 15) is 0 Å². The summed E-state index contributed by atoms with van der Waals surface area (Å²) in [7, 11) is 0. The van der Waals surface area contributed by atoms with E-state index in [4.69, 9.17) is 4.42 Å². The van der Waals surface area contributed by atoms with E-state index in [0.29, 0.717) is 17.5 Å². The quantitative estimate of drug-likeness (QED) is 0.735. The Labute approximate surface area is 113 Å². The van der Waals surface area contributed by atoms with Crippen LogP contribution in [0.2, 0.25) is 0 Å². The summed E-state index contributed by atoms with van der Waals surface area (Å²) in [6, 6.07) is 7.97. The number of benzene rings is 1. The molecule has 0 saturated heterocycles. The van der Waals surface area contributed by atoms with Gasteiger partial charge in [-0.1, -0.05) is 29.5 Å². The van der Waals surface area contributed by atoms with Crippen LogP contribution in [0.25, 0.3) is 11.5 Å². The molecular formula is C12H11N5OS. The van der Waals surface area contributed by atoms with Crippen molar-refractivity contribution in [1.82, 2.24) is 25.4 Å². The van der Waals surface area contributed by atoms with Gasteiger partial charge in [0.15, 0.2) is 5.16 Å². The molecule has 0 aliphatic carbocycles. The van der Waals surface area contributed by atoms with Gasteiger partial charge in [-0.25, -0.2) is 4.98 Å². The van der Waals surface area contributed by atoms with E-state index in [1.54, 1.807) is 0 Å². The molecule has 0 atom stereocenters. The monoisotopic (exact) mass is 273 g/mol. The van der Waals surface area contributed by atoms with E-state index in [-0.39, 0.29) is 0 Å². The van der Waals surface area contributed by atoms with Gasteiger partial charge in [0.2, 0.25) is 11.8 Å². The summed E-state index contributed by atoms with van der Waals surface area (Å²) in [6.07, 6.45) is 1.47.